The first kappa shape index (κ1) is 14.2. The molecule has 2 bridgehead atoms. The topological polar surface area (TPSA) is 40.2 Å². The molecule has 0 N–H and O–H groups in total. The van der Waals surface area contributed by atoms with Crippen molar-refractivity contribution in [2.45, 2.75) is 44.2 Å². The highest BCUT2D eigenvalue weighted by Crippen LogP contribution is 2.36. The van der Waals surface area contributed by atoms with E-state index in [9.17, 15) is 0 Å². The van der Waals surface area contributed by atoms with Crippen LogP contribution in [0.15, 0.2) is 0 Å². The summed E-state index contributed by atoms with van der Waals surface area (Å²) in [6.45, 7) is 2.36. The Morgan fingerprint density at radius 3 is 2.28 bits per heavy atom. The second kappa shape index (κ2) is 7.40. The highest BCUT2D eigenvalue weighted by molar-refractivity contribution is 4.92. The lowest BCUT2D eigenvalue weighted by molar-refractivity contribution is -0.285. The van der Waals surface area contributed by atoms with Crippen LogP contribution < -0.4 is 0 Å². The normalized spacial score (nSPS) is 32.7. The van der Waals surface area contributed by atoms with Crippen LogP contribution in [0.1, 0.15) is 32.1 Å². The fraction of sp³-hybridized carbons (Fsp3) is 1.00. The van der Waals surface area contributed by atoms with Gasteiger partial charge in [0.15, 0.2) is 0 Å². The van der Waals surface area contributed by atoms with Crippen LogP contribution in [0.25, 0.3) is 0 Å². The molecule has 2 aliphatic rings. The Balaban J connectivity index is 1.82. The summed E-state index contributed by atoms with van der Waals surface area (Å²) in [5.74, 6) is 0.639. The van der Waals surface area contributed by atoms with Gasteiger partial charge < -0.3 is 0 Å². The van der Waals surface area contributed by atoms with Gasteiger partial charge in [0.05, 0.1) is 27.4 Å². The van der Waals surface area contributed by atoms with Crippen molar-refractivity contribution in [1.29, 1.82) is 0 Å². The van der Waals surface area contributed by atoms with Crippen LogP contribution in [0.5, 0.6) is 0 Å². The van der Waals surface area contributed by atoms with Crippen molar-refractivity contribution in [1.82, 2.24) is 4.90 Å². The maximum atomic E-state index is 5.11. The van der Waals surface area contributed by atoms with Crippen molar-refractivity contribution in [2.24, 2.45) is 5.92 Å². The highest BCUT2D eigenvalue weighted by atomic mass is 17.2. The Morgan fingerprint density at radius 1 is 1.00 bits per heavy atom. The van der Waals surface area contributed by atoms with E-state index in [4.69, 9.17) is 14.7 Å². The minimum Gasteiger partial charge on any atom is -0.295 e. The molecule has 0 aromatic rings. The minimum atomic E-state index is 0.639. The van der Waals surface area contributed by atoms with Crippen LogP contribution in [0.2, 0.25) is 0 Å². The van der Waals surface area contributed by atoms with Crippen LogP contribution in [-0.4, -0.2) is 51.0 Å². The Kier molecular flexibility index (Phi) is 5.85. The monoisotopic (exact) mass is 259 g/mol. The van der Waals surface area contributed by atoms with Crippen LogP contribution in [0, 0.1) is 5.92 Å². The Morgan fingerprint density at radius 2 is 1.67 bits per heavy atom. The van der Waals surface area contributed by atoms with Crippen LogP contribution in [0.3, 0.4) is 0 Å². The largest absolute Gasteiger partial charge is 0.295 e. The summed E-state index contributed by atoms with van der Waals surface area (Å²) in [6, 6.07) is 1.37. The quantitative estimate of drug-likeness (QED) is 0.396. The van der Waals surface area contributed by atoms with E-state index in [-0.39, 0.29) is 0 Å². The summed E-state index contributed by atoms with van der Waals surface area (Å²) in [7, 11) is 3.15. The third-order valence-corrected chi connectivity index (χ3v) is 4.20. The minimum absolute atomic E-state index is 0.639. The molecule has 0 aromatic heterocycles. The third-order valence-electron chi connectivity index (χ3n) is 4.20. The van der Waals surface area contributed by atoms with E-state index >= 15 is 0 Å². The van der Waals surface area contributed by atoms with E-state index < -0.39 is 0 Å². The molecule has 0 amide bonds. The van der Waals surface area contributed by atoms with Crippen LogP contribution in [0.4, 0.5) is 0 Å². The lowest BCUT2D eigenvalue weighted by Gasteiger charge is -2.48. The smallest absolute Gasteiger partial charge is 0.0949 e. The molecule has 0 aromatic carbocycles. The van der Waals surface area contributed by atoms with Crippen molar-refractivity contribution in [3.8, 4) is 0 Å². The first-order valence-corrected chi connectivity index (χ1v) is 6.92. The van der Waals surface area contributed by atoms with E-state index in [0.29, 0.717) is 24.6 Å². The Hall–Kier alpha value is -0.200. The fourth-order valence-electron chi connectivity index (χ4n) is 3.48. The second-order valence-corrected chi connectivity index (χ2v) is 5.25. The van der Waals surface area contributed by atoms with E-state index in [2.05, 4.69) is 9.79 Å². The van der Waals surface area contributed by atoms with Gasteiger partial charge in [-0.25, -0.2) is 19.6 Å². The first-order valence-electron chi connectivity index (χ1n) is 6.92. The average molecular weight is 259 g/mol. The van der Waals surface area contributed by atoms with Gasteiger partial charge in [-0.3, -0.25) is 4.90 Å². The van der Waals surface area contributed by atoms with Crippen LogP contribution >= 0.6 is 0 Å². The lowest BCUT2D eigenvalue weighted by Crippen LogP contribution is -2.53. The van der Waals surface area contributed by atoms with E-state index in [1.54, 1.807) is 14.2 Å². The summed E-state index contributed by atoms with van der Waals surface area (Å²) in [4.78, 5) is 22.1. The van der Waals surface area contributed by atoms with Gasteiger partial charge in [-0.05, 0) is 31.6 Å². The number of piperidine rings is 2. The zero-order valence-corrected chi connectivity index (χ0v) is 11.5. The van der Waals surface area contributed by atoms with Crippen molar-refractivity contribution in [2.75, 3.05) is 34.0 Å². The van der Waals surface area contributed by atoms with Gasteiger partial charge in [-0.15, -0.1) is 0 Å². The zero-order valence-electron chi connectivity index (χ0n) is 11.5. The molecule has 0 saturated carbocycles. The molecule has 5 heteroatoms. The summed E-state index contributed by atoms with van der Waals surface area (Å²) < 4.78 is 0. The summed E-state index contributed by atoms with van der Waals surface area (Å²) in [5, 5.41) is 0. The number of fused-ring (bicyclic) bond motifs is 2. The van der Waals surface area contributed by atoms with Gasteiger partial charge in [0.25, 0.3) is 0 Å². The second-order valence-electron chi connectivity index (χ2n) is 5.25. The third kappa shape index (κ3) is 3.65. The molecule has 2 saturated heterocycles. The van der Waals surface area contributed by atoms with E-state index in [0.717, 1.165) is 13.2 Å². The number of hydrogen-bond acceptors (Lipinski definition) is 5. The molecule has 2 rings (SSSR count). The van der Waals surface area contributed by atoms with Crippen molar-refractivity contribution >= 4 is 0 Å². The van der Waals surface area contributed by atoms with Crippen molar-refractivity contribution in [3.05, 3.63) is 0 Å². The molecule has 0 aliphatic carbocycles. The molecule has 2 aliphatic heterocycles. The van der Waals surface area contributed by atoms with Gasteiger partial charge in [-0.1, -0.05) is 6.42 Å². The number of rotatable bonds is 7. The summed E-state index contributed by atoms with van der Waals surface area (Å²) >= 11 is 0. The molecule has 2 atom stereocenters. The predicted molar refractivity (Wildman–Crippen MR) is 66.8 cm³/mol. The van der Waals surface area contributed by atoms with Gasteiger partial charge >= 0.3 is 0 Å². The number of nitrogens with zero attached hydrogens (tertiary/aromatic N) is 1. The summed E-state index contributed by atoms with van der Waals surface area (Å²) in [5.41, 5.74) is 0. The summed E-state index contributed by atoms with van der Waals surface area (Å²) in [6.07, 6.45) is 6.38. The highest BCUT2D eigenvalue weighted by Gasteiger charge is 2.37. The fourth-order valence-corrected chi connectivity index (χ4v) is 3.48. The molecule has 2 heterocycles. The molecule has 106 valence electrons. The molecule has 2 fully saturated rings. The maximum absolute atomic E-state index is 5.11. The van der Waals surface area contributed by atoms with Gasteiger partial charge in [0, 0.05) is 18.6 Å². The standard InChI is InChI=1S/C13H25NO4/c1-15-17-7-6-14-12-4-3-5-13(14)9-11(8-12)10-18-16-2/h11-13H,3-10H2,1-2H3. The van der Waals surface area contributed by atoms with Crippen molar-refractivity contribution in [3.63, 3.8) is 0 Å². The Labute approximate surface area is 109 Å². The lowest BCUT2D eigenvalue weighted by atomic mass is 9.79. The molecule has 0 spiro atoms. The zero-order chi connectivity index (χ0) is 12.8. The molecular weight excluding hydrogens is 234 g/mol. The molecular formula is C13H25NO4. The van der Waals surface area contributed by atoms with Gasteiger partial charge in [-0.2, -0.15) is 0 Å². The molecule has 2 unspecified atom stereocenters. The molecule has 18 heavy (non-hydrogen) atoms. The predicted octanol–water partition coefficient (Wildman–Crippen LogP) is 1.78. The SMILES string of the molecule is COOCCN1C2CCCC1CC(COOC)C2. The number of hydrogen-bond donors (Lipinski definition) is 0. The average Bonchev–Trinajstić information content (AvgIpc) is 2.36. The Bertz CT molecular complexity index is 225. The van der Waals surface area contributed by atoms with Crippen molar-refractivity contribution < 1.29 is 19.6 Å². The first-order chi connectivity index (χ1) is 8.85. The molecule has 5 nitrogen and oxygen atoms in total. The van der Waals surface area contributed by atoms with Crippen LogP contribution in [-0.2, 0) is 19.6 Å². The van der Waals surface area contributed by atoms with Gasteiger partial charge in [0.1, 0.15) is 0 Å². The van der Waals surface area contributed by atoms with Gasteiger partial charge in [0.2, 0.25) is 0 Å². The molecule has 0 radical (unpaired) electrons. The maximum Gasteiger partial charge on any atom is 0.0949 e. The van der Waals surface area contributed by atoms with E-state index in [1.807, 2.05) is 0 Å². The van der Waals surface area contributed by atoms with E-state index in [1.165, 1.54) is 32.1 Å².